The van der Waals surface area contributed by atoms with E-state index in [0.29, 0.717) is 38.0 Å². The summed E-state index contributed by atoms with van der Waals surface area (Å²) in [5.41, 5.74) is 3.32. The zero-order valence-corrected chi connectivity index (χ0v) is 15.5. The van der Waals surface area contributed by atoms with E-state index in [0.717, 1.165) is 37.1 Å². The monoisotopic (exact) mass is 344 g/mol. The number of carbonyl (C=O) groups excluding carboxylic acids is 2. The quantitative estimate of drug-likeness (QED) is 0.820. The summed E-state index contributed by atoms with van der Waals surface area (Å²) < 4.78 is 1.90. The number of amides is 2. The normalized spacial score (nSPS) is 23.9. The number of nitrogens with zero attached hydrogens (tertiary/aromatic N) is 4. The predicted octanol–water partition coefficient (Wildman–Crippen LogP) is 1.93. The lowest BCUT2D eigenvalue weighted by molar-refractivity contribution is -0.144. The third-order valence-corrected chi connectivity index (χ3v) is 6.04. The minimum absolute atomic E-state index is 0.0313. The van der Waals surface area contributed by atoms with Gasteiger partial charge >= 0.3 is 0 Å². The molecule has 2 saturated carbocycles. The highest BCUT2D eigenvalue weighted by Crippen LogP contribution is 2.35. The first-order chi connectivity index (χ1) is 12.0. The zero-order valence-electron chi connectivity index (χ0n) is 15.5. The van der Waals surface area contributed by atoms with Crippen LogP contribution in [-0.2, 0) is 23.2 Å². The van der Waals surface area contributed by atoms with Gasteiger partial charge in [-0.25, -0.2) is 0 Å². The average Bonchev–Trinajstić information content (AvgIpc) is 3.46. The van der Waals surface area contributed by atoms with Gasteiger partial charge < -0.3 is 9.80 Å². The summed E-state index contributed by atoms with van der Waals surface area (Å²) in [7, 11) is 1.95. The lowest BCUT2D eigenvalue weighted by Gasteiger charge is -2.35. The van der Waals surface area contributed by atoms with Crippen molar-refractivity contribution in [1.29, 1.82) is 0 Å². The topological polar surface area (TPSA) is 58.4 Å². The number of hydrogen-bond donors (Lipinski definition) is 0. The van der Waals surface area contributed by atoms with Crippen LogP contribution in [-0.4, -0.2) is 50.0 Å². The van der Waals surface area contributed by atoms with E-state index in [1.165, 1.54) is 5.56 Å². The van der Waals surface area contributed by atoms with Crippen molar-refractivity contribution in [3.63, 3.8) is 0 Å². The molecule has 3 aliphatic rings. The fourth-order valence-electron chi connectivity index (χ4n) is 4.04. The summed E-state index contributed by atoms with van der Waals surface area (Å²) in [5.74, 6) is 0.447. The Bertz CT molecular complexity index is 703. The van der Waals surface area contributed by atoms with E-state index in [1.807, 2.05) is 23.6 Å². The molecule has 6 heteroatoms. The molecule has 0 unspecified atom stereocenters. The number of likely N-dealkylation sites (tertiary alicyclic amines) is 1. The first-order valence-electron chi connectivity index (χ1n) is 9.54. The van der Waals surface area contributed by atoms with Crippen LogP contribution in [0.3, 0.4) is 0 Å². The maximum atomic E-state index is 13.3. The summed E-state index contributed by atoms with van der Waals surface area (Å²) in [6.45, 7) is 5.37. The molecule has 2 aliphatic carbocycles. The molecule has 136 valence electrons. The zero-order chi connectivity index (χ0) is 17.7. The molecule has 1 aromatic heterocycles. The van der Waals surface area contributed by atoms with Crippen LogP contribution in [0.2, 0.25) is 0 Å². The number of hydrogen-bond acceptors (Lipinski definition) is 3. The van der Waals surface area contributed by atoms with Gasteiger partial charge in [-0.3, -0.25) is 14.3 Å². The van der Waals surface area contributed by atoms with Crippen LogP contribution in [0.4, 0.5) is 0 Å². The van der Waals surface area contributed by atoms with E-state index < -0.39 is 0 Å². The number of rotatable bonds is 5. The van der Waals surface area contributed by atoms with Gasteiger partial charge in [0.2, 0.25) is 11.8 Å². The van der Waals surface area contributed by atoms with Crippen LogP contribution < -0.4 is 0 Å². The average molecular weight is 344 g/mol. The van der Waals surface area contributed by atoms with E-state index in [4.69, 9.17) is 0 Å². The van der Waals surface area contributed by atoms with Crippen LogP contribution in [0.5, 0.6) is 0 Å². The molecule has 0 bridgehead atoms. The lowest BCUT2D eigenvalue weighted by atomic mass is 9.95. The van der Waals surface area contributed by atoms with E-state index in [1.54, 1.807) is 0 Å². The number of piperidine rings is 1. The highest BCUT2D eigenvalue weighted by molar-refractivity contribution is 5.84. The molecule has 4 rings (SSSR count). The van der Waals surface area contributed by atoms with Crippen molar-refractivity contribution in [2.24, 2.45) is 13.0 Å². The van der Waals surface area contributed by atoms with Gasteiger partial charge in [0.15, 0.2) is 0 Å². The Hall–Kier alpha value is -1.85. The lowest BCUT2D eigenvalue weighted by Crippen LogP contribution is -2.48. The molecule has 0 radical (unpaired) electrons. The molecule has 0 spiro atoms. The van der Waals surface area contributed by atoms with Gasteiger partial charge in [0.05, 0.1) is 11.6 Å². The second-order valence-electron chi connectivity index (χ2n) is 7.98. The van der Waals surface area contributed by atoms with Crippen molar-refractivity contribution in [2.75, 3.05) is 6.54 Å². The molecule has 1 aromatic rings. The van der Waals surface area contributed by atoms with Crippen LogP contribution in [0, 0.1) is 19.8 Å². The summed E-state index contributed by atoms with van der Waals surface area (Å²) in [6.07, 6.45) is 5.63. The molecule has 3 fully saturated rings. The Morgan fingerprint density at radius 3 is 2.48 bits per heavy atom. The largest absolute Gasteiger partial charge is 0.339 e. The van der Waals surface area contributed by atoms with Gasteiger partial charge in [-0.15, -0.1) is 0 Å². The fourth-order valence-corrected chi connectivity index (χ4v) is 4.04. The van der Waals surface area contributed by atoms with Crippen molar-refractivity contribution in [3.05, 3.63) is 17.0 Å². The van der Waals surface area contributed by atoms with E-state index in [2.05, 4.69) is 16.9 Å². The molecule has 0 aromatic carbocycles. The first-order valence-corrected chi connectivity index (χ1v) is 9.54. The third-order valence-electron chi connectivity index (χ3n) is 6.04. The third kappa shape index (κ3) is 3.18. The molecule has 1 saturated heterocycles. The summed E-state index contributed by atoms with van der Waals surface area (Å²) >= 11 is 0. The van der Waals surface area contributed by atoms with Crippen LogP contribution >= 0.6 is 0 Å². The molecule has 0 N–H and O–H groups in total. The summed E-state index contributed by atoms with van der Waals surface area (Å²) in [5, 5.41) is 4.49. The smallest absolute Gasteiger partial charge is 0.228 e. The van der Waals surface area contributed by atoms with Gasteiger partial charge in [-0.05, 0) is 46.0 Å². The van der Waals surface area contributed by atoms with E-state index >= 15 is 0 Å². The number of carbonyl (C=O) groups is 2. The minimum Gasteiger partial charge on any atom is -0.339 e. The Morgan fingerprint density at radius 2 is 1.92 bits per heavy atom. The second-order valence-corrected chi connectivity index (χ2v) is 7.98. The molecule has 1 aliphatic heterocycles. The maximum absolute atomic E-state index is 13.3. The Balaban J connectivity index is 1.50. The Morgan fingerprint density at radius 1 is 1.20 bits per heavy atom. The Labute approximate surface area is 149 Å². The van der Waals surface area contributed by atoms with Crippen LogP contribution in [0.15, 0.2) is 0 Å². The van der Waals surface area contributed by atoms with Gasteiger partial charge in [0.1, 0.15) is 0 Å². The van der Waals surface area contributed by atoms with E-state index in [9.17, 15) is 9.59 Å². The number of aryl methyl sites for hydroxylation is 2. The fraction of sp³-hybridized carbons (Fsp3) is 0.737. The van der Waals surface area contributed by atoms with Crippen molar-refractivity contribution in [1.82, 2.24) is 19.6 Å². The first kappa shape index (κ1) is 16.6. The second kappa shape index (κ2) is 6.15. The summed E-state index contributed by atoms with van der Waals surface area (Å²) in [4.78, 5) is 29.4. The SMILES string of the molecule is Cc1nn(C)c(C)c1CN(C(=O)[C@H]1CCC(=O)N(C2CC2)C1)C1CC1. The van der Waals surface area contributed by atoms with Crippen molar-refractivity contribution < 1.29 is 9.59 Å². The van der Waals surface area contributed by atoms with Crippen LogP contribution in [0.25, 0.3) is 0 Å². The van der Waals surface area contributed by atoms with Crippen molar-refractivity contribution in [3.8, 4) is 0 Å². The highest BCUT2D eigenvalue weighted by atomic mass is 16.2. The molecule has 6 nitrogen and oxygen atoms in total. The Kier molecular flexibility index (Phi) is 4.08. The molecule has 1 atom stereocenters. The number of aromatic nitrogens is 2. The van der Waals surface area contributed by atoms with Gasteiger partial charge in [-0.2, -0.15) is 5.10 Å². The predicted molar refractivity (Wildman–Crippen MR) is 93.7 cm³/mol. The standard InChI is InChI=1S/C19H28N4O2/c1-12-17(13(2)21(3)20-12)11-23(16-7-8-16)19(25)14-4-9-18(24)22(10-14)15-5-6-15/h14-16H,4-11H2,1-3H3/t14-/m0/s1. The molecular weight excluding hydrogens is 316 g/mol. The van der Waals surface area contributed by atoms with Gasteiger partial charge in [0, 0.05) is 49.9 Å². The minimum atomic E-state index is -0.0313. The molecular formula is C19H28N4O2. The maximum Gasteiger partial charge on any atom is 0.228 e. The van der Waals surface area contributed by atoms with Crippen molar-refractivity contribution >= 4 is 11.8 Å². The molecule has 2 amide bonds. The van der Waals surface area contributed by atoms with Gasteiger partial charge in [-0.1, -0.05) is 0 Å². The van der Waals surface area contributed by atoms with Gasteiger partial charge in [0.25, 0.3) is 0 Å². The van der Waals surface area contributed by atoms with Crippen LogP contribution in [0.1, 0.15) is 55.5 Å². The summed E-state index contributed by atoms with van der Waals surface area (Å²) in [6, 6.07) is 0.777. The van der Waals surface area contributed by atoms with E-state index in [-0.39, 0.29) is 17.7 Å². The molecule has 2 heterocycles. The van der Waals surface area contributed by atoms with Crippen molar-refractivity contribution in [2.45, 2.75) is 71.0 Å². The molecule has 25 heavy (non-hydrogen) atoms. The highest BCUT2D eigenvalue weighted by Gasteiger charge is 2.42.